The Labute approximate surface area is 79.3 Å². The van der Waals surface area contributed by atoms with Crippen molar-refractivity contribution in [2.24, 2.45) is 0 Å². The van der Waals surface area contributed by atoms with Crippen LogP contribution >= 0.6 is 0 Å². The zero-order chi connectivity index (χ0) is 9.68. The third-order valence-electron chi connectivity index (χ3n) is 2.12. The first kappa shape index (κ1) is 10.3. The minimum atomic E-state index is -0.260. The first-order valence-corrected chi connectivity index (χ1v) is 4.89. The van der Waals surface area contributed by atoms with E-state index in [4.69, 9.17) is 4.84 Å². The number of hydroxylamine groups is 2. The van der Waals surface area contributed by atoms with Crippen LogP contribution in [0.4, 0.5) is 0 Å². The summed E-state index contributed by atoms with van der Waals surface area (Å²) in [4.78, 5) is 16.4. The average Bonchev–Trinajstić information content (AvgIpc) is 2.57. The monoisotopic (exact) mass is 183 g/mol. The standard InChI is InChI=1S/C10H17NO2/c1-3-6-9(2)10(12)13-11-7-4-5-8-11/h2-8H2,1H3. The van der Waals surface area contributed by atoms with Crippen LogP contribution in [0.1, 0.15) is 32.6 Å². The molecular formula is C10H17NO2. The van der Waals surface area contributed by atoms with Crippen molar-refractivity contribution in [3.05, 3.63) is 12.2 Å². The van der Waals surface area contributed by atoms with Gasteiger partial charge in [-0.15, -0.1) is 5.06 Å². The van der Waals surface area contributed by atoms with E-state index >= 15 is 0 Å². The van der Waals surface area contributed by atoms with E-state index in [1.54, 1.807) is 5.06 Å². The Morgan fingerprint density at radius 2 is 2.08 bits per heavy atom. The fourth-order valence-electron chi connectivity index (χ4n) is 1.37. The van der Waals surface area contributed by atoms with Gasteiger partial charge in [0.2, 0.25) is 0 Å². The molecule has 0 spiro atoms. The minimum Gasteiger partial charge on any atom is -0.364 e. The molecule has 0 atom stereocenters. The molecule has 0 bridgehead atoms. The highest BCUT2D eigenvalue weighted by Gasteiger charge is 2.17. The van der Waals surface area contributed by atoms with E-state index in [0.29, 0.717) is 5.57 Å². The molecule has 0 aromatic heterocycles. The second kappa shape index (κ2) is 5.02. The van der Waals surface area contributed by atoms with Crippen LogP contribution in [0.15, 0.2) is 12.2 Å². The summed E-state index contributed by atoms with van der Waals surface area (Å²) in [6, 6.07) is 0. The lowest BCUT2D eigenvalue weighted by molar-refractivity contribution is -0.180. The van der Waals surface area contributed by atoms with E-state index in [-0.39, 0.29) is 5.97 Å². The highest BCUT2D eigenvalue weighted by Crippen LogP contribution is 2.11. The van der Waals surface area contributed by atoms with Crippen molar-refractivity contribution in [2.75, 3.05) is 13.1 Å². The third kappa shape index (κ3) is 3.19. The zero-order valence-corrected chi connectivity index (χ0v) is 8.21. The van der Waals surface area contributed by atoms with Crippen molar-refractivity contribution >= 4 is 5.97 Å². The molecule has 0 aromatic rings. The summed E-state index contributed by atoms with van der Waals surface area (Å²) < 4.78 is 0. The lowest BCUT2D eigenvalue weighted by Crippen LogP contribution is -2.24. The predicted molar refractivity (Wildman–Crippen MR) is 50.9 cm³/mol. The lowest BCUT2D eigenvalue weighted by atomic mass is 10.2. The smallest absolute Gasteiger partial charge is 0.352 e. The topological polar surface area (TPSA) is 29.5 Å². The molecule has 0 amide bonds. The molecule has 1 aliphatic rings. The van der Waals surface area contributed by atoms with Crippen LogP contribution in [0.25, 0.3) is 0 Å². The van der Waals surface area contributed by atoms with Crippen molar-refractivity contribution < 1.29 is 9.63 Å². The summed E-state index contributed by atoms with van der Waals surface area (Å²) in [7, 11) is 0. The molecular weight excluding hydrogens is 166 g/mol. The molecule has 0 N–H and O–H groups in total. The van der Waals surface area contributed by atoms with Crippen molar-refractivity contribution in [2.45, 2.75) is 32.6 Å². The summed E-state index contributed by atoms with van der Waals surface area (Å²) in [5.41, 5.74) is 0.578. The molecule has 0 aromatic carbocycles. The van der Waals surface area contributed by atoms with Gasteiger partial charge in [0.15, 0.2) is 0 Å². The molecule has 1 saturated heterocycles. The number of nitrogens with zero attached hydrogens (tertiary/aromatic N) is 1. The molecule has 0 aliphatic carbocycles. The summed E-state index contributed by atoms with van der Waals surface area (Å²) in [5.74, 6) is -0.260. The average molecular weight is 183 g/mol. The molecule has 3 nitrogen and oxygen atoms in total. The highest BCUT2D eigenvalue weighted by atomic mass is 16.7. The van der Waals surface area contributed by atoms with Gasteiger partial charge >= 0.3 is 5.97 Å². The number of hydrogen-bond donors (Lipinski definition) is 0. The first-order chi connectivity index (χ1) is 6.24. The Balaban J connectivity index is 2.27. The van der Waals surface area contributed by atoms with E-state index in [2.05, 4.69) is 6.58 Å². The van der Waals surface area contributed by atoms with Gasteiger partial charge in [0.05, 0.1) is 0 Å². The van der Waals surface area contributed by atoms with Gasteiger partial charge in [0.25, 0.3) is 0 Å². The minimum absolute atomic E-state index is 0.260. The van der Waals surface area contributed by atoms with E-state index < -0.39 is 0 Å². The maximum absolute atomic E-state index is 11.3. The van der Waals surface area contributed by atoms with Gasteiger partial charge < -0.3 is 4.84 Å². The van der Waals surface area contributed by atoms with Crippen molar-refractivity contribution in [3.63, 3.8) is 0 Å². The molecule has 1 rings (SSSR count). The van der Waals surface area contributed by atoms with E-state index in [1.165, 1.54) is 0 Å². The van der Waals surface area contributed by atoms with Crippen LogP contribution in [-0.2, 0) is 9.63 Å². The molecule has 0 saturated carbocycles. The summed E-state index contributed by atoms with van der Waals surface area (Å²) in [6.07, 6.45) is 3.90. The second-order valence-electron chi connectivity index (χ2n) is 3.37. The van der Waals surface area contributed by atoms with Gasteiger partial charge in [-0.25, -0.2) is 4.79 Å². The molecule has 0 radical (unpaired) electrons. The Morgan fingerprint density at radius 3 is 2.62 bits per heavy atom. The van der Waals surface area contributed by atoms with E-state index in [0.717, 1.165) is 38.8 Å². The summed E-state index contributed by atoms with van der Waals surface area (Å²) in [6.45, 7) is 7.44. The fourth-order valence-corrected chi connectivity index (χ4v) is 1.37. The van der Waals surface area contributed by atoms with E-state index in [9.17, 15) is 4.79 Å². The molecule has 1 fully saturated rings. The molecule has 1 heterocycles. The number of carbonyl (C=O) groups excluding carboxylic acids is 1. The maximum atomic E-state index is 11.3. The quantitative estimate of drug-likeness (QED) is 0.623. The number of rotatable bonds is 4. The molecule has 0 unspecified atom stereocenters. The SMILES string of the molecule is C=C(CCC)C(=O)ON1CCCC1. The lowest BCUT2D eigenvalue weighted by Gasteiger charge is -2.14. The van der Waals surface area contributed by atoms with Gasteiger partial charge in [-0.3, -0.25) is 0 Å². The third-order valence-corrected chi connectivity index (χ3v) is 2.12. The fraction of sp³-hybridized carbons (Fsp3) is 0.700. The van der Waals surface area contributed by atoms with E-state index in [1.807, 2.05) is 6.92 Å². The Bertz CT molecular complexity index is 195. The van der Waals surface area contributed by atoms with Gasteiger partial charge in [-0.2, -0.15) is 0 Å². The predicted octanol–water partition coefficient (Wildman–Crippen LogP) is 1.90. The number of hydrogen-bond acceptors (Lipinski definition) is 3. The zero-order valence-electron chi connectivity index (χ0n) is 8.21. The van der Waals surface area contributed by atoms with Crippen LogP contribution in [0, 0.1) is 0 Å². The maximum Gasteiger partial charge on any atom is 0.352 e. The molecule has 13 heavy (non-hydrogen) atoms. The van der Waals surface area contributed by atoms with Crippen molar-refractivity contribution in [1.29, 1.82) is 0 Å². The highest BCUT2D eigenvalue weighted by molar-refractivity contribution is 5.87. The normalized spacial score (nSPS) is 17.3. The van der Waals surface area contributed by atoms with Gasteiger partial charge in [-0.1, -0.05) is 19.9 Å². The summed E-state index contributed by atoms with van der Waals surface area (Å²) in [5, 5.41) is 1.73. The van der Waals surface area contributed by atoms with Crippen molar-refractivity contribution in [3.8, 4) is 0 Å². The number of carbonyl (C=O) groups is 1. The summed E-state index contributed by atoms with van der Waals surface area (Å²) >= 11 is 0. The second-order valence-corrected chi connectivity index (χ2v) is 3.37. The Kier molecular flexibility index (Phi) is 3.96. The van der Waals surface area contributed by atoms with Crippen LogP contribution in [0.2, 0.25) is 0 Å². The van der Waals surface area contributed by atoms with Gasteiger partial charge in [0, 0.05) is 18.7 Å². The van der Waals surface area contributed by atoms with Crippen LogP contribution in [-0.4, -0.2) is 24.1 Å². The molecule has 1 aliphatic heterocycles. The van der Waals surface area contributed by atoms with Gasteiger partial charge in [-0.05, 0) is 19.3 Å². The first-order valence-electron chi connectivity index (χ1n) is 4.89. The molecule has 3 heteroatoms. The van der Waals surface area contributed by atoms with Crippen molar-refractivity contribution in [1.82, 2.24) is 5.06 Å². The largest absolute Gasteiger partial charge is 0.364 e. The van der Waals surface area contributed by atoms with Crippen LogP contribution in [0.5, 0.6) is 0 Å². The molecule has 74 valence electrons. The Hall–Kier alpha value is -0.830. The van der Waals surface area contributed by atoms with Gasteiger partial charge in [0.1, 0.15) is 0 Å². The van der Waals surface area contributed by atoms with Crippen LogP contribution in [0.3, 0.4) is 0 Å². The Morgan fingerprint density at radius 1 is 1.46 bits per heavy atom. The van der Waals surface area contributed by atoms with Crippen LogP contribution < -0.4 is 0 Å².